The summed E-state index contributed by atoms with van der Waals surface area (Å²) in [6.07, 6.45) is 8.70. The summed E-state index contributed by atoms with van der Waals surface area (Å²) in [5, 5.41) is 5.80. The topological polar surface area (TPSA) is 38.1 Å². The summed E-state index contributed by atoms with van der Waals surface area (Å²) in [5.41, 5.74) is 0. The van der Waals surface area contributed by atoms with E-state index in [1.807, 2.05) is 11.3 Å². The van der Waals surface area contributed by atoms with Crippen LogP contribution in [0, 0.1) is 5.92 Å². The van der Waals surface area contributed by atoms with Crippen LogP contribution in [0.4, 0.5) is 0 Å². The fraction of sp³-hybridized carbons (Fsp3) is 0.500. The Hall–Kier alpha value is -1.13. The van der Waals surface area contributed by atoms with Gasteiger partial charge in [-0.15, -0.1) is 11.3 Å². The molecule has 1 atom stereocenters. The predicted molar refractivity (Wildman–Crippen MR) is 72.4 cm³/mol. The molecule has 1 unspecified atom stereocenters. The summed E-state index contributed by atoms with van der Waals surface area (Å²) in [6.45, 7) is 0.763. The molecule has 4 heteroatoms. The zero-order valence-electron chi connectivity index (χ0n) is 10.3. The van der Waals surface area contributed by atoms with Crippen molar-refractivity contribution in [1.29, 1.82) is 0 Å². The number of hydrogen-bond donors (Lipinski definition) is 1. The average molecular weight is 262 g/mol. The molecule has 0 aromatic carbocycles. The molecule has 1 saturated carbocycles. The van der Waals surface area contributed by atoms with Crippen LogP contribution in [0.15, 0.2) is 34.5 Å². The predicted octanol–water partition coefficient (Wildman–Crippen LogP) is 3.76. The minimum atomic E-state index is 0.470. The second-order valence-corrected chi connectivity index (χ2v) is 5.87. The van der Waals surface area contributed by atoms with Crippen LogP contribution in [0.3, 0.4) is 0 Å². The summed E-state index contributed by atoms with van der Waals surface area (Å²) >= 11 is 1.85. The lowest BCUT2D eigenvalue weighted by Crippen LogP contribution is -2.25. The van der Waals surface area contributed by atoms with Gasteiger partial charge in [-0.3, -0.25) is 0 Å². The van der Waals surface area contributed by atoms with Gasteiger partial charge < -0.3 is 9.73 Å². The van der Waals surface area contributed by atoms with Gasteiger partial charge in [0.2, 0.25) is 0 Å². The van der Waals surface area contributed by atoms with E-state index in [-0.39, 0.29) is 0 Å². The molecule has 96 valence electrons. The van der Waals surface area contributed by atoms with Gasteiger partial charge in [0, 0.05) is 10.9 Å². The zero-order chi connectivity index (χ0) is 12.2. The molecule has 0 spiro atoms. The van der Waals surface area contributed by atoms with E-state index in [1.54, 1.807) is 6.20 Å². The average Bonchev–Trinajstić information content (AvgIpc) is 3.14. The molecule has 1 fully saturated rings. The minimum Gasteiger partial charge on any atom is -0.447 e. The highest BCUT2D eigenvalue weighted by molar-refractivity contribution is 7.10. The Morgan fingerprint density at radius 2 is 2.33 bits per heavy atom. The number of hydrogen-bond acceptors (Lipinski definition) is 4. The van der Waals surface area contributed by atoms with Crippen molar-refractivity contribution in [2.45, 2.75) is 38.3 Å². The standard InChI is InChI=1S/C14H18N2OS/c1-2-5-11(4-1)14(13-6-3-7-18-13)16-9-12-8-15-10-17-12/h3,6-8,10-11,14,16H,1-2,4-5,9H2. The summed E-state index contributed by atoms with van der Waals surface area (Å²) in [5.74, 6) is 1.68. The molecule has 18 heavy (non-hydrogen) atoms. The molecule has 3 rings (SSSR count). The Morgan fingerprint density at radius 1 is 1.44 bits per heavy atom. The number of thiophene rings is 1. The molecule has 3 nitrogen and oxygen atoms in total. The number of nitrogens with zero attached hydrogens (tertiary/aromatic N) is 1. The first-order valence-corrected chi connectivity index (χ1v) is 7.45. The number of oxazole rings is 1. The molecular weight excluding hydrogens is 244 g/mol. The van der Waals surface area contributed by atoms with Gasteiger partial charge in [-0.1, -0.05) is 18.9 Å². The van der Waals surface area contributed by atoms with Crippen molar-refractivity contribution in [2.75, 3.05) is 0 Å². The van der Waals surface area contributed by atoms with Crippen molar-refractivity contribution in [3.63, 3.8) is 0 Å². The molecule has 0 aliphatic heterocycles. The molecule has 1 aliphatic carbocycles. The number of rotatable bonds is 5. The summed E-state index contributed by atoms with van der Waals surface area (Å²) in [7, 11) is 0. The smallest absolute Gasteiger partial charge is 0.180 e. The normalized spacial score (nSPS) is 18.2. The van der Waals surface area contributed by atoms with Crippen LogP contribution in [-0.4, -0.2) is 4.98 Å². The van der Waals surface area contributed by atoms with Crippen molar-refractivity contribution in [2.24, 2.45) is 5.92 Å². The highest BCUT2D eigenvalue weighted by atomic mass is 32.1. The van der Waals surface area contributed by atoms with E-state index in [9.17, 15) is 0 Å². The van der Waals surface area contributed by atoms with Crippen LogP contribution >= 0.6 is 11.3 Å². The van der Waals surface area contributed by atoms with Gasteiger partial charge >= 0.3 is 0 Å². The zero-order valence-corrected chi connectivity index (χ0v) is 11.2. The molecule has 0 bridgehead atoms. The maximum Gasteiger partial charge on any atom is 0.180 e. The Morgan fingerprint density at radius 3 is 3.00 bits per heavy atom. The van der Waals surface area contributed by atoms with Gasteiger partial charge in [0.25, 0.3) is 0 Å². The van der Waals surface area contributed by atoms with Gasteiger partial charge in [-0.2, -0.15) is 0 Å². The van der Waals surface area contributed by atoms with Crippen molar-refractivity contribution < 1.29 is 4.42 Å². The van der Waals surface area contributed by atoms with E-state index in [0.29, 0.717) is 6.04 Å². The highest BCUT2D eigenvalue weighted by Crippen LogP contribution is 2.37. The van der Waals surface area contributed by atoms with Gasteiger partial charge in [0.15, 0.2) is 6.39 Å². The quantitative estimate of drug-likeness (QED) is 0.891. The third-order valence-electron chi connectivity index (χ3n) is 3.70. The third kappa shape index (κ3) is 2.65. The lowest BCUT2D eigenvalue weighted by Gasteiger charge is -2.23. The lowest BCUT2D eigenvalue weighted by atomic mass is 9.96. The van der Waals surface area contributed by atoms with Crippen molar-refractivity contribution in [1.82, 2.24) is 10.3 Å². The molecule has 2 heterocycles. The SMILES string of the molecule is c1csc(C(NCc2cnco2)C2CCCC2)c1. The fourth-order valence-corrected chi connectivity index (χ4v) is 3.69. The second kappa shape index (κ2) is 5.67. The van der Waals surface area contributed by atoms with Crippen molar-refractivity contribution in [3.8, 4) is 0 Å². The van der Waals surface area contributed by atoms with Crippen LogP contribution in [0.25, 0.3) is 0 Å². The Balaban J connectivity index is 1.69. The minimum absolute atomic E-state index is 0.470. The van der Waals surface area contributed by atoms with Crippen molar-refractivity contribution in [3.05, 3.63) is 40.7 Å². The number of nitrogens with one attached hydrogen (secondary N) is 1. The summed E-state index contributed by atoms with van der Waals surface area (Å²) in [6, 6.07) is 4.84. The van der Waals surface area contributed by atoms with E-state index in [1.165, 1.54) is 37.0 Å². The maximum atomic E-state index is 5.29. The van der Waals surface area contributed by atoms with Crippen LogP contribution in [0.1, 0.15) is 42.4 Å². The van der Waals surface area contributed by atoms with Gasteiger partial charge in [-0.05, 0) is 30.2 Å². The second-order valence-electron chi connectivity index (χ2n) is 4.89. The Labute approximate surface area is 111 Å². The molecule has 0 amide bonds. The Kier molecular flexibility index (Phi) is 3.76. The van der Waals surface area contributed by atoms with E-state index in [2.05, 4.69) is 27.8 Å². The van der Waals surface area contributed by atoms with Gasteiger partial charge in [0.1, 0.15) is 5.76 Å². The van der Waals surface area contributed by atoms with E-state index >= 15 is 0 Å². The summed E-state index contributed by atoms with van der Waals surface area (Å²) in [4.78, 5) is 5.40. The highest BCUT2D eigenvalue weighted by Gasteiger charge is 2.26. The van der Waals surface area contributed by atoms with Crippen LogP contribution in [-0.2, 0) is 6.54 Å². The van der Waals surface area contributed by atoms with Crippen molar-refractivity contribution >= 4 is 11.3 Å². The van der Waals surface area contributed by atoms with E-state index in [4.69, 9.17) is 4.42 Å². The van der Waals surface area contributed by atoms with E-state index < -0.39 is 0 Å². The molecule has 0 radical (unpaired) electrons. The lowest BCUT2D eigenvalue weighted by molar-refractivity contribution is 0.354. The Bertz CT molecular complexity index is 446. The van der Waals surface area contributed by atoms with Crippen LogP contribution in [0.5, 0.6) is 0 Å². The molecule has 0 saturated heterocycles. The third-order valence-corrected chi connectivity index (χ3v) is 4.66. The molecular formula is C14H18N2OS. The largest absolute Gasteiger partial charge is 0.447 e. The molecule has 1 N–H and O–H groups in total. The first-order chi connectivity index (χ1) is 8.93. The van der Waals surface area contributed by atoms with Gasteiger partial charge in [0.05, 0.1) is 12.7 Å². The molecule has 1 aliphatic rings. The van der Waals surface area contributed by atoms with Crippen LogP contribution in [0.2, 0.25) is 0 Å². The van der Waals surface area contributed by atoms with Gasteiger partial charge in [-0.25, -0.2) is 4.98 Å². The molecule has 2 aromatic rings. The van der Waals surface area contributed by atoms with Crippen LogP contribution < -0.4 is 5.32 Å². The maximum absolute atomic E-state index is 5.29. The molecule has 2 aromatic heterocycles. The monoisotopic (exact) mass is 262 g/mol. The fourth-order valence-electron chi connectivity index (χ4n) is 2.80. The first-order valence-electron chi connectivity index (χ1n) is 6.57. The first kappa shape index (κ1) is 11.9. The van der Waals surface area contributed by atoms with E-state index in [0.717, 1.165) is 18.2 Å². The summed E-state index contributed by atoms with van der Waals surface area (Å²) < 4.78 is 5.29. The number of aromatic nitrogens is 1.